The van der Waals surface area contributed by atoms with Gasteiger partial charge in [0.25, 0.3) is 0 Å². The van der Waals surface area contributed by atoms with E-state index in [1.807, 2.05) is 62.9 Å². The van der Waals surface area contributed by atoms with Gasteiger partial charge in [0.2, 0.25) is 5.91 Å². The standard InChI is InChI=1S/C26H30FN3O2S/c1-16-5-8-21(9-6-16)26-24(33-19(4)29-26)12-25(31)28-13-20-7-10-23(22(27)11-20)30-14-17(2)32-18(3)15-30/h5-11,17-18H,12-15H2,1-4H3,(H,28,31). The third-order valence-electron chi connectivity index (χ3n) is 5.71. The van der Waals surface area contributed by atoms with Gasteiger partial charge in [-0.05, 0) is 45.4 Å². The van der Waals surface area contributed by atoms with Crippen LogP contribution in [0.25, 0.3) is 11.3 Å². The molecular formula is C26H30FN3O2S. The number of carbonyl (C=O) groups is 1. The highest BCUT2D eigenvalue weighted by Crippen LogP contribution is 2.29. The number of nitrogens with zero attached hydrogens (tertiary/aromatic N) is 2. The molecule has 0 saturated carbocycles. The summed E-state index contributed by atoms with van der Waals surface area (Å²) in [6.45, 7) is 9.60. The van der Waals surface area contributed by atoms with Gasteiger partial charge in [-0.1, -0.05) is 35.9 Å². The molecule has 174 valence electrons. The lowest BCUT2D eigenvalue weighted by Gasteiger charge is -2.37. The first-order valence-corrected chi connectivity index (χ1v) is 12.1. The third-order valence-corrected chi connectivity index (χ3v) is 6.68. The van der Waals surface area contributed by atoms with E-state index in [1.54, 1.807) is 6.07 Å². The van der Waals surface area contributed by atoms with E-state index in [2.05, 4.69) is 10.3 Å². The zero-order valence-electron chi connectivity index (χ0n) is 19.5. The SMILES string of the molecule is Cc1ccc(-c2nc(C)sc2CC(=O)NCc2ccc(N3CC(C)OC(C)C3)c(F)c2)cc1. The van der Waals surface area contributed by atoms with Crippen molar-refractivity contribution in [2.24, 2.45) is 0 Å². The lowest BCUT2D eigenvalue weighted by Crippen LogP contribution is -2.45. The van der Waals surface area contributed by atoms with Crippen molar-refractivity contribution in [2.45, 2.75) is 52.9 Å². The maximum atomic E-state index is 14.8. The number of amides is 1. The highest BCUT2D eigenvalue weighted by molar-refractivity contribution is 7.12. The molecular weight excluding hydrogens is 437 g/mol. The number of hydrogen-bond acceptors (Lipinski definition) is 5. The monoisotopic (exact) mass is 467 g/mol. The van der Waals surface area contributed by atoms with Crippen molar-refractivity contribution < 1.29 is 13.9 Å². The quantitative estimate of drug-likeness (QED) is 0.552. The molecule has 2 heterocycles. The minimum Gasteiger partial charge on any atom is -0.372 e. The molecule has 1 aromatic heterocycles. The van der Waals surface area contributed by atoms with Crippen LogP contribution in [0, 0.1) is 19.7 Å². The molecule has 1 saturated heterocycles. The molecule has 33 heavy (non-hydrogen) atoms. The van der Waals surface area contributed by atoms with E-state index >= 15 is 0 Å². The molecule has 0 aliphatic carbocycles. The highest BCUT2D eigenvalue weighted by Gasteiger charge is 2.24. The van der Waals surface area contributed by atoms with Crippen LogP contribution in [-0.4, -0.2) is 36.2 Å². The van der Waals surface area contributed by atoms with Crippen molar-refractivity contribution in [1.29, 1.82) is 0 Å². The normalized spacial score (nSPS) is 18.4. The molecule has 1 amide bonds. The number of hydrogen-bond donors (Lipinski definition) is 1. The van der Waals surface area contributed by atoms with E-state index in [0.717, 1.165) is 26.7 Å². The topological polar surface area (TPSA) is 54.5 Å². The molecule has 1 fully saturated rings. The van der Waals surface area contributed by atoms with Crippen molar-refractivity contribution in [2.75, 3.05) is 18.0 Å². The van der Waals surface area contributed by atoms with Gasteiger partial charge < -0.3 is 15.0 Å². The number of aromatic nitrogens is 1. The molecule has 2 unspecified atom stereocenters. The Balaban J connectivity index is 1.39. The summed E-state index contributed by atoms with van der Waals surface area (Å²) in [5.74, 6) is -0.380. The summed E-state index contributed by atoms with van der Waals surface area (Å²) in [7, 11) is 0. The molecule has 1 aliphatic rings. The summed E-state index contributed by atoms with van der Waals surface area (Å²) < 4.78 is 20.6. The Bertz CT molecular complexity index is 1120. The number of ether oxygens (including phenoxy) is 1. The highest BCUT2D eigenvalue weighted by atomic mass is 32.1. The molecule has 2 atom stereocenters. The van der Waals surface area contributed by atoms with Crippen molar-refractivity contribution in [3.63, 3.8) is 0 Å². The van der Waals surface area contributed by atoms with Gasteiger partial charge in [0.15, 0.2) is 0 Å². The second-order valence-electron chi connectivity index (χ2n) is 8.77. The summed E-state index contributed by atoms with van der Waals surface area (Å²) in [5.41, 5.74) is 4.36. The first-order chi connectivity index (χ1) is 15.8. The average molecular weight is 468 g/mol. The van der Waals surface area contributed by atoms with Gasteiger partial charge in [-0.2, -0.15) is 0 Å². The van der Waals surface area contributed by atoms with Crippen LogP contribution >= 0.6 is 11.3 Å². The van der Waals surface area contributed by atoms with Crippen molar-refractivity contribution in [3.05, 3.63) is 69.3 Å². The molecule has 0 spiro atoms. The van der Waals surface area contributed by atoms with Crippen LogP contribution in [0.2, 0.25) is 0 Å². The lowest BCUT2D eigenvalue weighted by atomic mass is 10.1. The summed E-state index contributed by atoms with van der Waals surface area (Å²) in [4.78, 5) is 20.2. The smallest absolute Gasteiger partial charge is 0.225 e. The minimum atomic E-state index is -0.275. The lowest BCUT2D eigenvalue weighted by molar-refractivity contribution is -0.120. The number of carbonyl (C=O) groups excluding carboxylic acids is 1. The largest absolute Gasteiger partial charge is 0.372 e. The van der Waals surface area contributed by atoms with Gasteiger partial charge in [0, 0.05) is 30.1 Å². The number of nitrogens with one attached hydrogen (secondary N) is 1. The fraction of sp³-hybridized carbons (Fsp3) is 0.385. The van der Waals surface area contributed by atoms with E-state index in [1.165, 1.54) is 23.0 Å². The van der Waals surface area contributed by atoms with Crippen LogP contribution in [0.5, 0.6) is 0 Å². The zero-order chi connectivity index (χ0) is 23.5. The molecule has 0 bridgehead atoms. The Morgan fingerprint density at radius 1 is 1.15 bits per heavy atom. The summed E-state index contributed by atoms with van der Waals surface area (Å²) in [6, 6.07) is 13.3. The predicted molar refractivity (Wildman–Crippen MR) is 131 cm³/mol. The number of aryl methyl sites for hydroxylation is 2. The number of morpholine rings is 1. The summed E-state index contributed by atoms with van der Waals surface area (Å²) in [5, 5.41) is 3.85. The molecule has 5 nitrogen and oxygen atoms in total. The summed E-state index contributed by atoms with van der Waals surface area (Å²) >= 11 is 1.54. The third kappa shape index (κ3) is 5.78. The van der Waals surface area contributed by atoms with Crippen LogP contribution in [0.4, 0.5) is 10.1 Å². The first kappa shape index (κ1) is 23.4. The number of benzene rings is 2. The van der Waals surface area contributed by atoms with Crippen molar-refractivity contribution >= 4 is 22.9 Å². The van der Waals surface area contributed by atoms with Gasteiger partial charge in [0.05, 0.1) is 35.0 Å². The first-order valence-electron chi connectivity index (χ1n) is 11.3. The second-order valence-corrected chi connectivity index (χ2v) is 10.1. The van der Waals surface area contributed by atoms with E-state index < -0.39 is 0 Å². The number of anilines is 1. The van der Waals surface area contributed by atoms with Gasteiger partial charge >= 0.3 is 0 Å². The molecule has 1 aliphatic heterocycles. The average Bonchev–Trinajstić information content (AvgIpc) is 3.12. The van der Waals surface area contributed by atoms with Crippen LogP contribution in [-0.2, 0) is 22.5 Å². The van der Waals surface area contributed by atoms with Gasteiger partial charge in [-0.15, -0.1) is 11.3 Å². The number of rotatable bonds is 6. The van der Waals surface area contributed by atoms with E-state index in [-0.39, 0.29) is 36.9 Å². The molecule has 7 heteroatoms. The second kappa shape index (κ2) is 10.0. The van der Waals surface area contributed by atoms with Crippen LogP contribution < -0.4 is 10.2 Å². The molecule has 4 rings (SSSR count). The number of halogens is 1. The Labute approximate surface area is 198 Å². The van der Waals surface area contributed by atoms with Crippen LogP contribution in [0.1, 0.15) is 34.9 Å². The van der Waals surface area contributed by atoms with E-state index in [4.69, 9.17) is 4.74 Å². The summed E-state index contributed by atoms with van der Waals surface area (Å²) in [6.07, 6.45) is 0.373. The molecule has 1 N–H and O–H groups in total. The Hall–Kier alpha value is -2.77. The molecule has 3 aromatic rings. The van der Waals surface area contributed by atoms with Gasteiger partial charge in [-0.25, -0.2) is 9.37 Å². The Kier molecular flexibility index (Phi) is 7.10. The Morgan fingerprint density at radius 2 is 1.85 bits per heavy atom. The maximum Gasteiger partial charge on any atom is 0.225 e. The maximum absolute atomic E-state index is 14.8. The van der Waals surface area contributed by atoms with Gasteiger partial charge in [0.1, 0.15) is 5.82 Å². The van der Waals surface area contributed by atoms with Gasteiger partial charge in [-0.3, -0.25) is 4.79 Å². The zero-order valence-corrected chi connectivity index (χ0v) is 20.3. The minimum absolute atomic E-state index is 0.0623. The fourth-order valence-corrected chi connectivity index (χ4v) is 5.18. The van der Waals surface area contributed by atoms with Crippen molar-refractivity contribution in [1.82, 2.24) is 10.3 Å². The van der Waals surface area contributed by atoms with Crippen LogP contribution in [0.15, 0.2) is 42.5 Å². The Morgan fingerprint density at radius 3 is 2.52 bits per heavy atom. The molecule has 0 radical (unpaired) electrons. The number of thiazole rings is 1. The molecule has 2 aromatic carbocycles. The van der Waals surface area contributed by atoms with Crippen LogP contribution in [0.3, 0.4) is 0 Å². The van der Waals surface area contributed by atoms with E-state index in [9.17, 15) is 9.18 Å². The predicted octanol–water partition coefficient (Wildman–Crippen LogP) is 5.04. The van der Waals surface area contributed by atoms with Crippen molar-refractivity contribution in [3.8, 4) is 11.3 Å². The fourth-order valence-electron chi connectivity index (χ4n) is 4.23. The van der Waals surface area contributed by atoms with E-state index in [0.29, 0.717) is 18.8 Å².